The fraction of sp³-hybridized carbons (Fsp3) is 0.389. The largest absolute Gasteiger partial charge is 0.318 e. The molecule has 1 aromatic heterocycles. The summed E-state index contributed by atoms with van der Waals surface area (Å²) in [6, 6.07) is 8.28. The molecule has 2 aromatic rings. The maximum absolute atomic E-state index is 12.4. The zero-order valence-electron chi connectivity index (χ0n) is 14.0. The minimum absolute atomic E-state index is 0.0597. The second kappa shape index (κ2) is 6.77. The number of aromatic nitrogens is 1. The lowest BCUT2D eigenvalue weighted by molar-refractivity contribution is -0.384. The molecule has 5 heteroatoms. The van der Waals surface area contributed by atoms with Crippen LogP contribution in [0.5, 0.6) is 0 Å². The topological polar surface area (TPSA) is 65.1 Å². The Morgan fingerprint density at radius 2 is 1.83 bits per heavy atom. The third-order valence-electron chi connectivity index (χ3n) is 4.00. The normalized spacial score (nSPS) is 11.0. The Bertz CT molecular complexity index is 727. The molecule has 0 amide bonds. The van der Waals surface area contributed by atoms with E-state index in [1.165, 1.54) is 12.1 Å². The van der Waals surface area contributed by atoms with E-state index in [2.05, 4.69) is 13.8 Å². The average molecular weight is 314 g/mol. The standard InChI is InChI=1S/C18H22N2O3/c1-12(2)5-10-18(21)17-11-13(3)19(14(17)4)15-6-8-16(9-7-15)20(22)23/h6-9,11-12H,5,10H2,1-4H3. The Balaban J connectivity index is 2.33. The van der Waals surface area contributed by atoms with Gasteiger partial charge in [-0.15, -0.1) is 0 Å². The van der Waals surface area contributed by atoms with Gasteiger partial charge in [0.25, 0.3) is 5.69 Å². The van der Waals surface area contributed by atoms with Crippen molar-refractivity contribution in [3.63, 3.8) is 0 Å². The van der Waals surface area contributed by atoms with Crippen LogP contribution in [-0.2, 0) is 0 Å². The first kappa shape index (κ1) is 16.9. The number of non-ortho nitro benzene ring substituents is 1. The van der Waals surface area contributed by atoms with Gasteiger partial charge in [-0.2, -0.15) is 0 Å². The van der Waals surface area contributed by atoms with Gasteiger partial charge in [-0.25, -0.2) is 0 Å². The quantitative estimate of drug-likeness (QED) is 0.444. The lowest BCUT2D eigenvalue weighted by Crippen LogP contribution is -2.04. The van der Waals surface area contributed by atoms with Crippen LogP contribution >= 0.6 is 0 Å². The molecule has 0 N–H and O–H groups in total. The molecular weight excluding hydrogens is 292 g/mol. The van der Waals surface area contributed by atoms with Gasteiger partial charge < -0.3 is 4.57 Å². The molecule has 1 aromatic carbocycles. The molecule has 0 spiro atoms. The van der Waals surface area contributed by atoms with Gasteiger partial charge in [0.15, 0.2) is 5.78 Å². The number of aryl methyl sites for hydroxylation is 1. The smallest absolute Gasteiger partial charge is 0.269 e. The van der Waals surface area contributed by atoms with E-state index >= 15 is 0 Å². The number of nitrogens with zero attached hydrogens (tertiary/aromatic N) is 2. The fourth-order valence-electron chi connectivity index (χ4n) is 2.72. The summed E-state index contributed by atoms with van der Waals surface area (Å²) in [5.74, 6) is 0.650. The van der Waals surface area contributed by atoms with E-state index in [1.54, 1.807) is 12.1 Å². The average Bonchev–Trinajstić information content (AvgIpc) is 2.80. The van der Waals surface area contributed by atoms with Gasteiger partial charge in [-0.3, -0.25) is 14.9 Å². The number of nitro benzene ring substituents is 1. The monoisotopic (exact) mass is 314 g/mol. The molecule has 0 unspecified atom stereocenters. The lowest BCUT2D eigenvalue weighted by Gasteiger charge is -2.10. The van der Waals surface area contributed by atoms with Crippen LogP contribution in [0.1, 0.15) is 48.4 Å². The van der Waals surface area contributed by atoms with Crippen molar-refractivity contribution in [1.29, 1.82) is 0 Å². The number of nitro groups is 1. The highest BCUT2D eigenvalue weighted by atomic mass is 16.6. The third-order valence-corrected chi connectivity index (χ3v) is 4.00. The van der Waals surface area contributed by atoms with E-state index in [0.717, 1.165) is 29.1 Å². The molecule has 0 bridgehead atoms. The van der Waals surface area contributed by atoms with E-state index in [9.17, 15) is 14.9 Å². The van der Waals surface area contributed by atoms with E-state index < -0.39 is 4.92 Å². The summed E-state index contributed by atoms with van der Waals surface area (Å²) in [7, 11) is 0. The second-order valence-electron chi connectivity index (χ2n) is 6.25. The van der Waals surface area contributed by atoms with Crippen LogP contribution < -0.4 is 0 Å². The van der Waals surface area contributed by atoms with Gasteiger partial charge >= 0.3 is 0 Å². The van der Waals surface area contributed by atoms with Crippen LogP contribution in [0.4, 0.5) is 5.69 Å². The van der Waals surface area contributed by atoms with Crippen LogP contribution in [0.25, 0.3) is 5.69 Å². The highest BCUT2D eigenvalue weighted by molar-refractivity contribution is 5.97. The van der Waals surface area contributed by atoms with E-state index in [0.29, 0.717) is 12.3 Å². The van der Waals surface area contributed by atoms with Crippen LogP contribution in [0.3, 0.4) is 0 Å². The van der Waals surface area contributed by atoms with E-state index in [-0.39, 0.29) is 11.5 Å². The summed E-state index contributed by atoms with van der Waals surface area (Å²) in [4.78, 5) is 22.7. The summed E-state index contributed by atoms with van der Waals surface area (Å²) in [5, 5.41) is 10.8. The predicted molar refractivity (Wildman–Crippen MR) is 90.3 cm³/mol. The first-order chi connectivity index (χ1) is 10.8. The zero-order chi connectivity index (χ0) is 17.1. The van der Waals surface area contributed by atoms with Crippen molar-refractivity contribution in [2.75, 3.05) is 0 Å². The van der Waals surface area contributed by atoms with E-state index in [1.807, 2.05) is 24.5 Å². The van der Waals surface area contributed by atoms with Crippen molar-refractivity contribution >= 4 is 11.5 Å². The summed E-state index contributed by atoms with van der Waals surface area (Å²) < 4.78 is 1.96. The van der Waals surface area contributed by atoms with Crippen molar-refractivity contribution < 1.29 is 9.72 Å². The minimum Gasteiger partial charge on any atom is -0.318 e. The summed E-state index contributed by atoms with van der Waals surface area (Å²) in [6.07, 6.45) is 1.42. The van der Waals surface area contributed by atoms with Crippen LogP contribution in [0.15, 0.2) is 30.3 Å². The molecule has 0 aliphatic heterocycles. The van der Waals surface area contributed by atoms with Crippen molar-refractivity contribution in [3.05, 3.63) is 57.4 Å². The van der Waals surface area contributed by atoms with Crippen molar-refractivity contribution in [3.8, 4) is 5.69 Å². The number of carbonyl (C=O) groups excluding carboxylic acids is 1. The van der Waals surface area contributed by atoms with Gasteiger partial charge in [-0.05, 0) is 44.4 Å². The molecule has 1 heterocycles. The summed E-state index contributed by atoms with van der Waals surface area (Å²) >= 11 is 0. The first-order valence-corrected chi connectivity index (χ1v) is 7.78. The molecule has 0 saturated carbocycles. The Kier molecular flexibility index (Phi) is 4.98. The fourth-order valence-corrected chi connectivity index (χ4v) is 2.72. The maximum atomic E-state index is 12.4. The highest BCUT2D eigenvalue weighted by Crippen LogP contribution is 2.24. The number of benzene rings is 1. The zero-order valence-corrected chi connectivity index (χ0v) is 14.0. The van der Waals surface area contributed by atoms with Crippen LogP contribution in [0.2, 0.25) is 0 Å². The van der Waals surface area contributed by atoms with Gasteiger partial charge in [0, 0.05) is 41.2 Å². The SMILES string of the molecule is Cc1cc(C(=O)CCC(C)C)c(C)n1-c1ccc([N+](=O)[O-])cc1. The number of ketones is 1. The molecule has 0 aliphatic carbocycles. The van der Waals surface area contributed by atoms with Crippen molar-refractivity contribution in [1.82, 2.24) is 4.57 Å². The molecule has 0 atom stereocenters. The predicted octanol–water partition coefficient (Wildman–Crippen LogP) is 4.62. The first-order valence-electron chi connectivity index (χ1n) is 7.78. The summed E-state index contributed by atoms with van der Waals surface area (Å²) in [5.41, 5.74) is 3.45. The van der Waals surface area contributed by atoms with Crippen LogP contribution in [0, 0.1) is 29.9 Å². The van der Waals surface area contributed by atoms with Crippen molar-refractivity contribution in [2.45, 2.75) is 40.5 Å². The van der Waals surface area contributed by atoms with Gasteiger partial charge in [0.05, 0.1) is 4.92 Å². The van der Waals surface area contributed by atoms with Gasteiger partial charge in [0.2, 0.25) is 0 Å². The van der Waals surface area contributed by atoms with E-state index in [4.69, 9.17) is 0 Å². The Labute approximate surface area is 136 Å². The number of hydrogen-bond acceptors (Lipinski definition) is 3. The van der Waals surface area contributed by atoms with Gasteiger partial charge in [-0.1, -0.05) is 13.8 Å². The number of hydrogen-bond donors (Lipinski definition) is 0. The minimum atomic E-state index is -0.417. The molecule has 0 saturated heterocycles. The second-order valence-corrected chi connectivity index (χ2v) is 6.25. The molecule has 122 valence electrons. The Hall–Kier alpha value is -2.43. The number of Topliss-reactive ketones (excluding diaryl/α,β-unsaturated/α-hetero) is 1. The Morgan fingerprint density at radius 3 is 2.35 bits per heavy atom. The number of rotatable bonds is 6. The molecule has 0 radical (unpaired) electrons. The molecule has 0 fully saturated rings. The van der Waals surface area contributed by atoms with Crippen molar-refractivity contribution in [2.24, 2.45) is 5.92 Å². The third kappa shape index (κ3) is 3.67. The lowest BCUT2D eigenvalue weighted by atomic mass is 10.0. The van der Waals surface area contributed by atoms with Crippen LogP contribution in [-0.4, -0.2) is 15.3 Å². The molecular formula is C18H22N2O3. The molecule has 5 nitrogen and oxygen atoms in total. The molecule has 2 rings (SSSR count). The molecule has 23 heavy (non-hydrogen) atoms. The maximum Gasteiger partial charge on any atom is 0.269 e. The Morgan fingerprint density at radius 1 is 1.22 bits per heavy atom. The number of carbonyl (C=O) groups is 1. The highest BCUT2D eigenvalue weighted by Gasteiger charge is 2.17. The summed E-state index contributed by atoms with van der Waals surface area (Å²) in [6.45, 7) is 8.06. The van der Waals surface area contributed by atoms with Gasteiger partial charge in [0.1, 0.15) is 0 Å². The molecule has 0 aliphatic rings.